The Labute approximate surface area is 147 Å². The van der Waals surface area contributed by atoms with Gasteiger partial charge in [0.1, 0.15) is 0 Å². The number of ether oxygens (including phenoxy) is 1. The Kier molecular flexibility index (Phi) is 7.18. The molecule has 0 aliphatic heterocycles. The number of hydrogen-bond donors (Lipinski definition) is 1. The maximum atomic E-state index is 11.1. The van der Waals surface area contributed by atoms with E-state index in [1.807, 2.05) is 6.92 Å². The molecule has 0 aromatic heterocycles. The molecule has 3 heteroatoms. The van der Waals surface area contributed by atoms with E-state index in [9.17, 15) is 4.79 Å². The van der Waals surface area contributed by atoms with Crippen LogP contribution in [0.3, 0.4) is 0 Å². The van der Waals surface area contributed by atoms with Gasteiger partial charge in [-0.2, -0.15) is 0 Å². The summed E-state index contributed by atoms with van der Waals surface area (Å²) in [5.74, 6) is 0.461. The van der Waals surface area contributed by atoms with Crippen LogP contribution in [0.25, 0.3) is 0 Å². The van der Waals surface area contributed by atoms with Crippen molar-refractivity contribution < 1.29 is 14.6 Å². The Balaban J connectivity index is 1.38. The lowest BCUT2D eigenvalue weighted by molar-refractivity contribution is -0.143. The second-order valence-corrected chi connectivity index (χ2v) is 8.05. The summed E-state index contributed by atoms with van der Waals surface area (Å²) in [6.07, 6.45) is 16.6. The zero-order chi connectivity index (χ0) is 17.5. The predicted molar refractivity (Wildman–Crippen MR) is 97.9 cm³/mol. The summed E-state index contributed by atoms with van der Waals surface area (Å²) in [5.41, 5.74) is 0.0170. The molecule has 138 valence electrons. The van der Waals surface area contributed by atoms with Crippen LogP contribution >= 0.6 is 0 Å². The zero-order valence-corrected chi connectivity index (χ0v) is 15.6. The maximum absolute atomic E-state index is 11.1. The van der Waals surface area contributed by atoms with Gasteiger partial charge in [0.05, 0.1) is 17.8 Å². The van der Waals surface area contributed by atoms with Crippen molar-refractivity contribution in [1.82, 2.24) is 0 Å². The summed E-state index contributed by atoms with van der Waals surface area (Å²) in [6.45, 7) is 6.89. The average molecular weight is 337 g/mol. The summed E-state index contributed by atoms with van der Waals surface area (Å²) in [7, 11) is 0. The smallest absolute Gasteiger partial charge is 0.309 e. The first-order chi connectivity index (χ1) is 11.5. The molecule has 0 amide bonds. The lowest BCUT2D eigenvalue weighted by Gasteiger charge is -2.18. The van der Waals surface area contributed by atoms with Gasteiger partial charge in [0, 0.05) is 5.41 Å². The van der Waals surface area contributed by atoms with Crippen molar-refractivity contribution >= 4 is 5.97 Å². The largest absolute Gasteiger partial charge is 0.498 e. The van der Waals surface area contributed by atoms with E-state index in [-0.39, 0.29) is 5.41 Å². The van der Waals surface area contributed by atoms with Crippen LogP contribution in [0, 0.1) is 10.8 Å². The maximum Gasteiger partial charge on any atom is 0.309 e. The molecule has 2 fully saturated rings. The SMILES string of the molecule is C=C(OCC)C1(CCCCCCCCCCC2(C(=O)O)CC2)CC1. The van der Waals surface area contributed by atoms with Gasteiger partial charge in [-0.3, -0.25) is 4.79 Å². The van der Waals surface area contributed by atoms with E-state index in [1.54, 1.807) is 0 Å². The highest BCUT2D eigenvalue weighted by atomic mass is 16.5. The van der Waals surface area contributed by atoms with Crippen molar-refractivity contribution in [2.45, 2.75) is 96.8 Å². The van der Waals surface area contributed by atoms with Gasteiger partial charge < -0.3 is 9.84 Å². The van der Waals surface area contributed by atoms with Crippen LogP contribution in [0.1, 0.15) is 96.8 Å². The fourth-order valence-electron chi connectivity index (χ4n) is 3.86. The van der Waals surface area contributed by atoms with E-state index in [4.69, 9.17) is 9.84 Å². The van der Waals surface area contributed by atoms with Crippen LogP contribution < -0.4 is 0 Å². The number of carbonyl (C=O) groups is 1. The molecule has 0 aromatic carbocycles. The van der Waals surface area contributed by atoms with Gasteiger partial charge >= 0.3 is 5.97 Å². The van der Waals surface area contributed by atoms with Crippen molar-refractivity contribution in [2.75, 3.05) is 6.61 Å². The second-order valence-electron chi connectivity index (χ2n) is 8.05. The fourth-order valence-corrected chi connectivity index (χ4v) is 3.86. The Morgan fingerprint density at radius 1 is 0.875 bits per heavy atom. The molecule has 0 saturated heterocycles. The van der Waals surface area contributed by atoms with Crippen molar-refractivity contribution in [3.05, 3.63) is 12.3 Å². The first-order valence-corrected chi connectivity index (χ1v) is 10.1. The highest BCUT2D eigenvalue weighted by molar-refractivity contribution is 5.77. The van der Waals surface area contributed by atoms with Gasteiger partial charge in [0.2, 0.25) is 0 Å². The molecule has 2 aliphatic rings. The van der Waals surface area contributed by atoms with E-state index in [1.165, 1.54) is 64.2 Å². The molecule has 0 radical (unpaired) electrons. The Bertz CT molecular complexity index is 419. The van der Waals surface area contributed by atoms with E-state index >= 15 is 0 Å². The predicted octanol–water partition coefficient (Wildman–Crippen LogP) is 6.08. The fraction of sp³-hybridized carbons (Fsp3) is 0.857. The normalized spacial score (nSPS) is 19.7. The van der Waals surface area contributed by atoms with Crippen LogP contribution in [0.4, 0.5) is 0 Å². The molecule has 0 aromatic rings. The molecule has 0 unspecified atom stereocenters. The van der Waals surface area contributed by atoms with Crippen molar-refractivity contribution in [3.8, 4) is 0 Å². The molecule has 2 saturated carbocycles. The van der Waals surface area contributed by atoms with Crippen LogP contribution in [0.15, 0.2) is 12.3 Å². The van der Waals surface area contributed by atoms with Crippen LogP contribution in [-0.4, -0.2) is 17.7 Å². The monoisotopic (exact) mass is 336 g/mol. The lowest BCUT2D eigenvalue weighted by atomic mass is 9.95. The lowest BCUT2D eigenvalue weighted by Crippen LogP contribution is -2.14. The standard InChI is InChI=1S/C21H36O3/c1-3-24-18(2)20(14-15-20)12-10-8-6-4-5-7-9-11-13-21(16-17-21)19(22)23/h2-17H2,1H3,(H,22,23). The van der Waals surface area contributed by atoms with Crippen molar-refractivity contribution in [2.24, 2.45) is 10.8 Å². The number of carboxylic acids is 1. The highest BCUT2D eigenvalue weighted by Gasteiger charge is 2.49. The zero-order valence-electron chi connectivity index (χ0n) is 15.6. The summed E-state index contributed by atoms with van der Waals surface area (Å²) >= 11 is 0. The molecule has 2 rings (SSSR count). The van der Waals surface area contributed by atoms with Gasteiger partial charge in [-0.1, -0.05) is 57.9 Å². The molecule has 2 aliphatic carbocycles. The molecule has 0 atom stereocenters. The van der Waals surface area contributed by atoms with E-state index < -0.39 is 5.97 Å². The van der Waals surface area contributed by atoms with Crippen molar-refractivity contribution in [1.29, 1.82) is 0 Å². The second kappa shape index (κ2) is 8.92. The van der Waals surface area contributed by atoms with Gasteiger partial charge in [-0.25, -0.2) is 0 Å². The van der Waals surface area contributed by atoms with Gasteiger partial charge in [-0.05, 0) is 45.4 Å². The van der Waals surface area contributed by atoms with E-state index in [2.05, 4.69) is 6.58 Å². The number of rotatable bonds is 15. The Hall–Kier alpha value is -0.990. The van der Waals surface area contributed by atoms with Gasteiger partial charge in [0.15, 0.2) is 0 Å². The minimum atomic E-state index is -0.567. The number of allylic oxidation sites excluding steroid dienone is 1. The van der Waals surface area contributed by atoms with E-state index in [0.717, 1.165) is 38.0 Å². The highest BCUT2D eigenvalue weighted by Crippen LogP contribution is 2.55. The van der Waals surface area contributed by atoms with Crippen LogP contribution in [0.5, 0.6) is 0 Å². The molecule has 0 bridgehead atoms. The summed E-state index contributed by atoms with van der Waals surface area (Å²) in [6, 6.07) is 0. The third-order valence-electron chi connectivity index (χ3n) is 6.13. The summed E-state index contributed by atoms with van der Waals surface area (Å²) < 4.78 is 5.61. The van der Waals surface area contributed by atoms with Gasteiger partial charge in [-0.15, -0.1) is 0 Å². The van der Waals surface area contributed by atoms with Crippen LogP contribution in [-0.2, 0) is 9.53 Å². The molecule has 0 spiro atoms. The summed E-state index contributed by atoms with van der Waals surface area (Å²) in [4.78, 5) is 11.1. The third kappa shape index (κ3) is 5.53. The minimum Gasteiger partial charge on any atom is -0.498 e. The first-order valence-electron chi connectivity index (χ1n) is 10.1. The number of hydrogen-bond acceptors (Lipinski definition) is 2. The Morgan fingerprint density at radius 3 is 1.67 bits per heavy atom. The van der Waals surface area contributed by atoms with Crippen LogP contribution in [0.2, 0.25) is 0 Å². The molecular weight excluding hydrogens is 300 g/mol. The molecule has 3 nitrogen and oxygen atoms in total. The minimum absolute atomic E-state index is 0.315. The topological polar surface area (TPSA) is 46.5 Å². The van der Waals surface area contributed by atoms with Crippen molar-refractivity contribution in [3.63, 3.8) is 0 Å². The quantitative estimate of drug-likeness (QED) is 0.291. The first kappa shape index (κ1) is 19.3. The summed E-state index contributed by atoms with van der Waals surface area (Å²) in [5, 5.41) is 9.14. The molecule has 1 N–H and O–H groups in total. The van der Waals surface area contributed by atoms with E-state index in [0.29, 0.717) is 5.41 Å². The Morgan fingerprint density at radius 2 is 1.29 bits per heavy atom. The molecular formula is C21H36O3. The van der Waals surface area contributed by atoms with Gasteiger partial charge in [0.25, 0.3) is 0 Å². The molecule has 24 heavy (non-hydrogen) atoms. The number of carboxylic acid groups (broad SMARTS) is 1. The number of unbranched alkanes of at least 4 members (excludes halogenated alkanes) is 7. The third-order valence-corrected chi connectivity index (χ3v) is 6.13. The number of aliphatic carboxylic acids is 1. The average Bonchev–Trinajstić information content (AvgIpc) is 3.44. The molecule has 0 heterocycles.